The Bertz CT molecular complexity index is 1320. The van der Waals surface area contributed by atoms with Gasteiger partial charge in [-0.1, -0.05) is 52.5 Å². The summed E-state index contributed by atoms with van der Waals surface area (Å²) in [5, 5.41) is 4.37. The molecule has 2 aromatic carbocycles. The van der Waals surface area contributed by atoms with E-state index in [2.05, 4.69) is 10.3 Å². The van der Waals surface area contributed by atoms with E-state index >= 15 is 0 Å². The molecule has 0 atom stereocenters. The molecule has 156 valence electrons. The van der Waals surface area contributed by atoms with Gasteiger partial charge < -0.3 is 9.88 Å². The van der Waals surface area contributed by atoms with Crippen molar-refractivity contribution >= 4 is 63.1 Å². The van der Waals surface area contributed by atoms with Crippen LogP contribution in [-0.2, 0) is 11.3 Å². The number of nitrogens with zero attached hydrogens (tertiary/aromatic N) is 2. The van der Waals surface area contributed by atoms with Gasteiger partial charge >= 0.3 is 0 Å². The van der Waals surface area contributed by atoms with Gasteiger partial charge in [0.05, 0.1) is 17.6 Å². The van der Waals surface area contributed by atoms with E-state index in [4.69, 9.17) is 34.8 Å². The van der Waals surface area contributed by atoms with Gasteiger partial charge in [0.15, 0.2) is 0 Å². The number of ketones is 1. The topological polar surface area (TPSA) is 64.0 Å². The molecule has 0 radical (unpaired) electrons. The summed E-state index contributed by atoms with van der Waals surface area (Å²) >= 11 is 19.0. The standard InChI is InChI=1S/C23H16Cl3N3O2/c1-13-2-5-19-17(10-13)20(21(30)23(31)28-16-6-8-27-9-7-16)22(26)29(19)12-14-3-4-15(24)11-18(14)25/h2-11H,12H2,1H3,(H,27,28,31). The maximum Gasteiger partial charge on any atom is 0.296 e. The third-order valence-corrected chi connectivity index (χ3v) is 5.85. The Hall–Kier alpha value is -2.86. The van der Waals surface area contributed by atoms with Gasteiger partial charge in [0, 0.05) is 33.5 Å². The number of carbonyl (C=O) groups is 2. The summed E-state index contributed by atoms with van der Waals surface area (Å²) in [6.45, 7) is 2.22. The first-order chi connectivity index (χ1) is 14.8. The molecule has 4 aromatic rings. The SMILES string of the molecule is Cc1ccc2c(c1)c(C(=O)C(=O)Nc1ccncc1)c(Cl)n2Cc1ccc(Cl)cc1Cl. The minimum atomic E-state index is -0.779. The predicted molar refractivity (Wildman–Crippen MR) is 124 cm³/mol. The number of nitrogens with one attached hydrogen (secondary N) is 1. The second-order valence-corrected chi connectivity index (χ2v) is 8.23. The average Bonchev–Trinajstić information content (AvgIpc) is 3.00. The van der Waals surface area contributed by atoms with Gasteiger partial charge in [0.2, 0.25) is 0 Å². The van der Waals surface area contributed by atoms with E-state index in [-0.39, 0.29) is 10.7 Å². The number of Topliss-reactive ketones (excluding diaryl/α,β-unsaturated/α-hetero) is 1. The molecule has 0 aliphatic heterocycles. The molecule has 1 amide bonds. The molecule has 0 aliphatic carbocycles. The molecule has 1 N–H and O–H groups in total. The fourth-order valence-electron chi connectivity index (χ4n) is 3.36. The normalized spacial score (nSPS) is 11.0. The summed E-state index contributed by atoms with van der Waals surface area (Å²) in [6.07, 6.45) is 3.05. The van der Waals surface area contributed by atoms with Crippen molar-refractivity contribution in [2.75, 3.05) is 5.32 Å². The summed E-state index contributed by atoms with van der Waals surface area (Å²) in [7, 11) is 0. The molecule has 0 unspecified atom stereocenters. The fraction of sp³-hybridized carbons (Fsp3) is 0.0870. The third kappa shape index (κ3) is 4.30. The lowest BCUT2D eigenvalue weighted by molar-refractivity contribution is -0.112. The summed E-state index contributed by atoms with van der Waals surface area (Å²) < 4.78 is 1.76. The van der Waals surface area contributed by atoms with Crippen LogP contribution in [0.1, 0.15) is 21.5 Å². The molecule has 0 spiro atoms. The quantitative estimate of drug-likeness (QED) is 0.279. The molecular formula is C23H16Cl3N3O2. The van der Waals surface area contributed by atoms with Crippen LogP contribution in [0.15, 0.2) is 60.9 Å². The highest BCUT2D eigenvalue weighted by Gasteiger charge is 2.27. The van der Waals surface area contributed by atoms with Crippen molar-refractivity contribution in [1.29, 1.82) is 0 Å². The Labute approximate surface area is 193 Å². The Morgan fingerprint density at radius 1 is 1.00 bits per heavy atom. The molecule has 0 saturated heterocycles. The van der Waals surface area contributed by atoms with Gasteiger partial charge in [0.1, 0.15) is 5.15 Å². The van der Waals surface area contributed by atoms with Crippen LogP contribution in [0.25, 0.3) is 10.9 Å². The third-order valence-electron chi connectivity index (χ3n) is 4.87. The fourth-order valence-corrected chi connectivity index (χ4v) is 4.17. The van der Waals surface area contributed by atoms with Crippen molar-refractivity contribution < 1.29 is 9.59 Å². The number of rotatable bonds is 5. The van der Waals surface area contributed by atoms with Gasteiger partial charge in [0.25, 0.3) is 11.7 Å². The van der Waals surface area contributed by atoms with E-state index < -0.39 is 11.7 Å². The smallest absolute Gasteiger partial charge is 0.296 e. The van der Waals surface area contributed by atoms with Crippen LogP contribution < -0.4 is 5.32 Å². The van der Waals surface area contributed by atoms with E-state index in [9.17, 15) is 9.59 Å². The second kappa shape index (κ2) is 8.71. The molecule has 2 aromatic heterocycles. The summed E-state index contributed by atoms with van der Waals surface area (Å²) in [5.41, 5.74) is 3.07. The lowest BCUT2D eigenvalue weighted by atomic mass is 10.1. The van der Waals surface area contributed by atoms with Crippen molar-refractivity contribution in [2.45, 2.75) is 13.5 Å². The Kier molecular flexibility index (Phi) is 6.01. The van der Waals surface area contributed by atoms with Gasteiger partial charge in [-0.05, 0) is 48.9 Å². The van der Waals surface area contributed by atoms with E-state index in [0.717, 1.165) is 16.6 Å². The van der Waals surface area contributed by atoms with Gasteiger partial charge in [-0.25, -0.2) is 0 Å². The average molecular weight is 473 g/mol. The zero-order valence-electron chi connectivity index (χ0n) is 16.3. The first-order valence-electron chi connectivity index (χ1n) is 9.33. The second-order valence-electron chi connectivity index (χ2n) is 7.03. The summed E-state index contributed by atoms with van der Waals surface area (Å²) in [6, 6.07) is 14.0. The first-order valence-corrected chi connectivity index (χ1v) is 10.5. The van der Waals surface area contributed by atoms with Crippen molar-refractivity contribution in [3.05, 3.63) is 92.8 Å². The number of aryl methyl sites for hydroxylation is 1. The molecule has 0 aliphatic rings. The first kappa shape index (κ1) is 21.4. The van der Waals surface area contributed by atoms with E-state index in [1.807, 2.05) is 25.1 Å². The van der Waals surface area contributed by atoms with Gasteiger partial charge in [-0.2, -0.15) is 0 Å². The lowest BCUT2D eigenvalue weighted by Gasteiger charge is -2.10. The predicted octanol–water partition coefficient (Wildman–Crippen LogP) is 6.17. The number of aromatic nitrogens is 2. The van der Waals surface area contributed by atoms with Gasteiger partial charge in [-0.15, -0.1) is 0 Å². The number of benzene rings is 2. The minimum absolute atomic E-state index is 0.150. The molecule has 0 bridgehead atoms. The highest BCUT2D eigenvalue weighted by atomic mass is 35.5. The van der Waals surface area contributed by atoms with Crippen molar-refractivity contribution in [1.82, 2.24) is 9.55 Å². The number of anilines is 1. The van der Waals surface area contributed by atoms with Crippen LogP contribution in [-0.4, -0.2) is 21.2 Å². The molecule has 4 rings (SSSR count). The number of carbonyl (C=O) groups excluding carboxylic acids is 2. The number of pyridine rings is 1. The van der Waals surface area contributed by atoms with Crippen LogP contribution in [0.2, 0.25) is 15.2 Å². The number of hydrogen-bond donors (Lipinski definition) is 1. The molecule has 31 heavy (non-hydrogen) atoms. The van der Waals surface area contributed by atoms with Crippen molar-refractivity contribution in [3.8, 4) is 0 Å². The monoisotopic (exact) mass is 471 g/mol. The van der Waals surface area contributed by atoms with Crippen molar-refractivity contribution in [3.63, 3.8) is 0 Å². The van der Waals surface area contributed by atoms with Gasteiger partial charge in [-0.3, -0.25) is 14.6 Å². The molecule has 8 heteroatoms. The maximum absolute atomic E-state index is 13.1. The molecule has 2 heterocycles. The Morgan fingerprint density at radius 3 is 2.45 bits per heavy atom. The van der Waals surface area contributed by atoms with E-state index in [1.54, 1.807) is 34.9 Å². The van der Waals surface area contributed by atoms with Crippen LogP contribution in [0, 0.1) is 6.92 Å². The van der Waals surface area contributed by atoms with Crippen LogP contribution in [0.5, 0.6) is 0 Å². The largest absolute Gasteiger partial charge is 0.326 e. The number of halogens is 3. The van der Waals surface area contributed by atoms with Crippen molar-refractivity contribution in [2.24, 2.45) is 0 Å². The number of hydrogen-bond acceptors (Lipinski definition) is 3. The molecular weight excluding hydrogens is 457 g/mol. The molecule has 0 saturated carbocycles. The minimum Gasteiger partial charge on any atom is -0.326 e. The zero-order chi connectivity index (χ0) is 22.1. The Balaban J connectivity index is 1.78. The highest BCUT2D eigenvalue weighted by molar-refractivity contribution is 6.51. The number of fused-ring (bicyclic) bond motifs is 1. The van der Waals surface area contributed by atoms with E-state index in [0.29, 0.717) is 27.7 Å². The molecule has 5 nitrogen and oxygen atoms in total. The van der Waals surface area contributed by atoms with Crippen LogP contribution >= 0.6 is 34.8 Å². The van der Waals surface area contributed by atoms with E-state index in [1.165, 1.54) is 12.4 Å². The van der Waals surface area contributed by atoms with Crippen LogP contribution in [0.3, 0.4) is 0 Å². The lowest BCUT2D eigenvalue weighted by Crippen LogP contribution is -2.23. The Morgan fingerprint density at radius 2 is 1.74 bits per heavy atom. The summed E-state index contributed by atoms with van der Waals surface area (Å²) in [5.74, 6) is -1.50. The summed E-state index contributed by atoms with van der Waals surface area (Å²) in [4.78, 5) is 29.7. The molecule has 0 fully saturated rings. The van der Waals surface area contributed by atoms with Crippen LogP contribution in [0.4, 0.5) is 5.69 Å². The maximum atomic E-state index is 13.1. The number of amides is 1. The highest BCUT2D eigenvalue weighted by Crippen LogP contribution is 2.33. The zero-order valence-corrected chi connectivity index (χ0v) is 18.6.